The summed E-state index contributed by atoms with van der Waals surface area (Å²) in [4.78, 5) is 28.6. The van der Waals surface area contributed by atoms with Gasteiger partial charge in [-0.05, 0) is 59.2 Å². The van der Waals surface area contributed by atoms with Gasteiger partial charge in [0.05, 0.1) is 11.3 Å². The number of hydrogen-bond donors (Lipinski definition) is 2. The second-order valence-corrected chi connectivity index (χ2v) is 10.1. The summed E-state index contributed by atoms with van der Waals surface area (Å²) in [5.74, 6) is -1.64. The molecular weight excluding hydrogens is 402 g/mol. The first-order valence-corrected chi connectivity index (χ1v) is 10.4. The smallest absolute Gasteiger partial charge is 0.325 e. The zero-order chi connectivity index (χ0) is 22.5. The summed E-state index contributed by atoms with van der Waals surface area (Å²) in [6.45, 7) is 9.77. The van der Waals surface area contributed by atoms with E-state index in [9.17, 15) is 18.0 Å². The molecule has 1 atom stereocenters. The molecule has 0 spiro atoms. The Morgan fingerprint density at radius 1 is 1.00 bits per heavy atom. The number of hydrogen-bond acceptors (Lipinski definition) is 8. The highest BCUT2D eigenvalue weighted by Crippen LogP contribution is 2.16. The number of ether oxygens (including phenoxy) is 2. The number of benzene rings is 1. The minimum Gasteiger partial charge on any atom is -0.460 e. The molecule has 0 aromatic heterocycles. The van der Waals surface area contributed by atoms with Crippen LogP contribution in [0.4, 0.5) is 0 Å². The van der Waals surface area contributed by atoms with Gasteiger partial charge in [0.1, 0.15) is 23.9 Å². The number of esters is 2. The third-order valence-corrected chi connectivity index (χ3v) is 4.73. The summed E-state index contributed by atoms with van der Waals surface area (Å²) in [6.07, 6.45) is -0.526. The van der Waals surface area contributed by atoms with Crippen molar-refractivity contribution in [2.45, 2.75) is 76.7 Å². The standard InChI is InChI=1S/C19H29NO8S/c1-18(2,3)27-16(21)11-15(17(22)28-19(4,5)6)20-29(24,25)14-9-7-13(8-10-14)12-26-23/h7-10,15,20,23H,11-12H2,1-6H3. The third kappa shape index (κ3) is 9.35. The maximum Gasteiger partial charge on any atom is 0.325 e. The van der Waals surface area contributed by atoms with Crippen LogP contribution >= 0.6 is 0 Å². The minimum absolute atomic E-state index is 0.104. The molecule has 1 unspecified atom stereocenters. The lowest BCUT2D eigenvalue weighted by molar-refractivity contribution is -0.253. The quantitative estimate of drug-likeness (QED) is 0.365. The first-order chi connectivity index (χ1) is 13.1. The Kier molecular flexibility index (Phi) is 8.34. The summed E-state index contributed by atoms with van der Waals surface area (Å²) in [6, 6.07) is 4.00. The van der Waals surface area contributed by atoms with Crippen molar-refractivity contribution in [2.24, 2.45) is 0 Å². The molecule has 0 aliphatic heterocycles. The number of sulfonamides is 1. The first-order valence-electron chi connectivity index (χ1n) is 8.95. The van der Waals surface area contributed by atoms with Crippen molar-refractivity contribution >= 4 is 22.0 Å². The predicted molar refractivity (Wildman–Crippen MR) is 104 cm³/mol. The molecule has 1 aromatic carbocycles. The van der Waals surface area contributed by atoms with Gasteiger partial charge in [0.2, 0.25) is 10.0 Å². The Morgan fingerprint density at radius 2 is 1.52 bits per heavy atom. The van der Waals surface area contributed by atoms with Crippen molar-refractivity contribution < 1.29 is 37.6 Å². The second-order valence-electron chi connectivity index (χ2n) is 8.42. The molecule has 0 heterocycles. The van der Waals surface area contributed by atoms with E-state index in [0.717, 1.165) is 0 Å². The van der Waals surface area contributed by atoms with Crippen LogP contribution in [-0.2, 0) is 40.6 Å². The molecule has 0 aliphatic rings. The summed E-state index contributed by atoms with van der Waals surface area (Å²) in [5, 5.41) is 8.46. The van der Waals surface area contributed by atoms with Crippen LogP contribution in [0.15, 0.2) is 29.2 Å². The Hall–Kier alpha value is -2.01. The molecule has 0 aliphatic carbocycles. The molecule has 1 aromatic rings. The van der Waals surface area contributed by atoms with E-state index in [0.29, 0.717) is 5.56 Å². The van der Waals surface area contributed by atoms with Crippen molar-refractivity contribution in [1.29, 1.82) is 0 Å². The van der Waals surface area contributed by atoms with Crippen molar-refractivity contribution in [2.75, 3.05) is 0 Å². The van der Waals surface area contributed by atoms with Gasteiger partial charge in [-0.2, -0.15) is 4.72 Å². The van der Waals surface area contributed by atoms with Crippen LogP contribution in [0.3, 0.4) is 0 Å². The molecular formula is C19H29NO8S. The monoisotopic (exact) mass is 431 g/mol. The highest BCUT2D eigenvalue weighted by atomic mass is 32.2. The second kappa shape index (κ2) is 9.66. The van der Waals surface area contributed by atoms with Crippen LogP contribution in [0.5, 0.6) is 0 Å². The van der Waals surface area contributed by atoms with Crippen LogP contribution in [0.1, 0.15) is 53.5 Å². The fraction of sp³-hybridized carbons (Fsp3) is 0.579. The van der Waals surface area contributed by atoms with Gasteiger partial charge in [-0.25, -0.2) is 13.3 Å². The topological polar surface area (TPSA) is 128 Å². The highest BCUT2D eigenvalue weighted by molar-refractivity contribution is 7.89. The molecule has 0 fully saturated rings. The Balaban J connectivity index is 3.07. The molecule has 1 rings (SSSR count). The molecule has 164 valence electrons. The zero-order valence-corrected chi connectivity index (χ0v) is 18.3. The van der Waals surface area contributed by atoms with E-state index >= 15 is 0 Å². The third-order valence-electron chi connectivity index (χ3n) is 3.24. The van der Waals surface area contributed by atoms with Gasteiger partial charge in [-0.1, -0.05) is 12.1 Å². The normalized spacial score (nSPS) is 13.6. The van der Waals surface area contributed by atoms with E-state index in [4.69, 9.17) is 14.7 Å². The van der Waals surface area contributed by atoms with E-state index in [1.165, 1.54) is 24.3 Å². The SMILES string of the molecule is CC(C)(C)OC(=O)CC(NS(=O)(=O)c1ccc(COO)cc1)C(=O)OC(C)(C)C. The number of carbonyl (C=O) groups excluding carboxylic acids is 2. The summed E-state index contributed by atoms with van der Waals surface area (Å²) in [5.41, 5.74) is -1.12. The van der Waals surface area contributed by atoms with E-state index in [2.05, 4.69) is 9.61 Å². The molecule has 0 saturated carbocycles. The van der Waals surface area contributed by atoms with Gasteiger partial charge in [0.15, 0.2) is 0 Å². The van der Waals surface area contributed by atoms with Gasteiger partial charge in [0, 0.05) is 0 Å². The van der Waals surface area contributed by atoms with Gasteiger partial charge in [0.25, 0.3) is 0 Å². The van der Waals surface area contributed by atoms with Crippen LogP contribution in [0.25, 0.3) is 0 Å². The fourth-order valence-corrected chi connectivity index (χ4v) is 3.38. The lowest BCUT2D eigenvalue weighted by Gasteiger charge is -2.25. The maximum atomic E-state index is 12.7. The average Bonchev–Trinajstić information content (AvgIpc) is 2.51. The Labute approximate surface area is 171 Å². The number of nitrogens with one attached hydrogen (secondary N) is 1. The van der Waals surface area contributed by atoms with Gasteiger partial charge < -0.3 is 9.47 Å². The predicted octanol–water partition coefficient (Wildman–Crippen LogP) is 2.40. The van der Waals surface area contributed by atoms with Crippen LogP contribution in [0.2, 0.25) is 0 Å². The Morgan fingerprint density at radius 3 is 1.97 bits per heavy atom. The van der Waals surface area contributed by atoms with Crippen molar-refractivity contribution in [3.63, 3.8) is 0 Å². The summed E-state index contributed by atoms with van der Waals surface area (Å²) < 4.78 is 38.0. The van der Waals surface area contributed by atoms with Crippen LogP contribution in [-0.4, -0.2) is 42.9 Å². The molecule has 0 bridgehead atoms. The summed E-state index contributed by atoms with van der Waals surface area (Å²) in [7, 11) is -4.14. The molecule has 29 heavy (non-hydrogen) atoms. The first kappa shape index (κ1) is 25.0. The van der Waals surface area contributed by atoms with Crippen molar-refractivity contribution in [3.8, 4) is 0 Å². The minimum atomic E-state index is -4.14. The summed E-state index contributed by atoms with van der Waals surface area (Å²) >= 11 is 0. The van der Waals surface area contributed by atoms with Gasteiger partial charge in [-0.15, -0.1) is 0 Å². The molecule has 9 nitrogen and oxygen atoms in total. The van der Waals surface area contributed by atoms with Crippen molar-refractivity contribution in [1.82, 2.24) is 4.72 Å². The molecule has 0 amide bonds. The zero-order valence-electron chi connectivity index (χ0n) is 17.5. The van der Waals surface area contributed by atoms with Gasteiger partial charge >= 0.3 is 11.9 Å². The van der Waals surface area contributed by atoms with Crippen molar-refractivity contribution in [3.05, 3.63) is 29.8 Å². The molecule has 2 N–H and O–H groups in total. The largest absolute Gasteiger partial charge is 0.460 e. The van der Waals surface area contributed by atoms with Crippen LogP contribution < -0.4 is 4.72 Å². The fourth-order valence-electron chi connectivity index (χ4n) is 2.19. The van der Waals surface area contributed by atoms with E-state index in [1.54, 1.807) is 41.5 Å². The van der Waals surface area contributed by atoms with E-state index in [-0.39, 0.29) is 11.5 Å². The number of rotatable bonds is 8. The van der Waals surface area contributed by atoms with Crippen LogP contribution in [0, 0.1) is 0 Å². The van der Waals surface area contributed by atoms with E-state index in [1.807, 2.05) is 0 Å². The lowest BCUT2D eigenvalue weighted by Crippen LogP contribution is -2.46. The highest BCUT2D eigenvalue weighted by Gasteiger charge is 2.33. The molecule has 0 radical (unpaired) electrons. The maximum absolute atomic E-state index is 12.7. The molecule has 0 saturated heterocycles. The number of carbonyl (C=O) groups is 2. The lowest BCUT2D eigenvalue weighted by atomic mass is 10.1. The Bertz CT molecular complexity index is 804. The average molecular weight is 432 g/mol. The van der Waals surface area contributed by atoms with Gasteiger partial charge in [-0.3, -0.25) is 14.8 Å². The van der Waals surface area contributed by atoms with E-state index < -0.39 is 45.6 Å². The molecule has 10 heteroatoms.